The molecule has 0 aliphatic rings. The van der Waals surface area contributed by atoms with Crippen molar-refractivity contribution in [3.8, 4) is 5.75 Å². The molecular formula is C20H19FN4O2. The predicted molar refractivity (Wildman–Crippen MR) is 104 cm³/mol. The molecule has 0 radical (unpaired) electrons. The molecule has 0 aliphatic carbocycles. The van der Waals surface area contributed by atoms with Gasteiger partial charge in [-0.25, -0.2) is 14.4 Å². The Morgan fingerprint density at radius 2 is 2.04 bits per heavy atom. The number of amides is 1. The van der Waals surface area contributed by atoms with E-state index in [1.807, 2.05) is 0 Å². The van der Waals surface area contributed by atoms with Gasteiger partial charge in [0.25, 0.3) is 0 Å². The van der Waals surface area contributed by atoms with Crippen LogP contribution in [0.1, 0.15) is 12.5 Å². The Balaban J connectivity index is 2.05. The fraction of sp³-hybridized carbons (Fsp3) is 0.150. The highest BCUT2D eigenvalue weighted by Gasteiger charge is 2.12. The summed E-state index contributed by atoms with van der Waals surface area (Å²) in [5.41, 5.74) is 2.37. The highest BCUT2D eigenvalue weighted by atomic mass is 19.1. The van der Waals surface area contributed by atoms with E-state index in [0.717, 1.165) is 0 Å². The van der Waals surface area contributed by atoms with Crippen LogP contribution >= 0.6 is 0 Å². The number of halogens is 1. The number of aryl methyl sites for hydroxylation is 1. The van der Waals surface area contributed by atoms with Crippen molar-refractivity contribution in [3.63, 3.8) is 0 Å². The standard InChI is InChI=1S/C20H19FN4O2/c1-4-5-19(26)25-17-9-14-16(10-18(17)27-3)22-11-23-20(14)24-13-6-7-15(21)12(2)8-13/h4-11H,1-3H3,(H,25,26)(H,22,23,24)/b5-4+. The molecule has 0 aliphatic heterocycles. The van der Waals surface area contributed by atoms with Gasteiger partial charge in [-0.1, -0.05) is 6.08 Å². The summed E-state index contributed by atoms with van der Waals surface area (Å²) in [6.45, 7) is 3.45. The van der Waals surface area contributed by atoms with Gasteiger partial charge >= 0.3 is 0 Å². The molecule has 1 heterocycles. The van der Waals surface area contributed by atoms with E-state index in [9.17, 15) is 9.18 Å². The van der Waals surface area contributed by atoms with Crippen molar-refractivity contribution in [3.05, 3.63) is 60.2 Å². The van der Waals surface area contributed by atoms with Gasteiger partial charge in [-0.05, 0) is 49.8 Å². The molecule has 2 N–H and O–H groups in total. The van der Waals surface area contributed by atoms with E-state index in [2.05, 4.69) is 20.6 Å². The number of anilines is 3. The van der Waals surface area contributed by atoms with Crippen molar-refractivity contribution in [2.24, 2.45) is 0 Å². The van der Waals surface area contributed by atoms with Crippen LogP contribution in [0.2, 0.25) is 0 Å². The third-order valence-corrected chi connectivity index (χ3v) is 3.95. The SMILES string of the molecule is C/C=C/C(=O)Nc1cc2c(Nc3ccc(F)c(C)c3)ncnc2cc1OC. The van der Waals surface area contributed by atoms with Crippen LogP contribution < -0.4 is 15.4 Å². The minimum atomic E-state index is -0.271. The van der Waals surface area contributed by atoms with Crippen molar-refractivity contribution < 1.29 is 13.9 Å². The van der Waals surface area contributed by atoms with Crippen molar-refractivity contribution in [1.82, 2.24) is 9.97 Å². The second kappa shape index (κ2) is 7.82. The number of rotatable bonds is 5. The van der Waals surface area contributed by atoms with E-state index in [4.69, 9.17) is 4.74 Å². The van der Waals surface area contributed by atoms with Crippen LogP contribution in [0.25, 0.3) is 10.9 Å². The number of carbonyl (C=O) groups is 1. The van der Waals surface area contributed by atoms with Gasteiger partial charge in [0.2, 0.25) is 5.91 Å². The molecule has 3 rings (SSSR count). The number of hydrogen-bond acceptors (Lipinski definition) is 5. The number of ether oxygens (including phenoxy) is 1. The van der Waals surface area contributed by atoms with E-state index in [1.54, 1.807) is 44.2 Å². The number of hydrogen-bond donors (Lipinski definition) is 2. The lowest BCUT2D eigenvalue weighted by molar-refractivity contribution is -0.111. The summed E-state index contributed by atoms with van der Waals surface area (Å²) in [4.78, 5) is 20.5. The summed E-state index contributed by atoms with van der Waals surface area (Å²) in [6, 6.07) is 8.19. The molecule has 2 aromatic carbocycles. The van der Waals surface area contributed by atoms with Crippen LogP contribution in [0.3, 0.4) is 0 Å². The Morgan fingerprint density at radius 1 is 1.22 bits per heavy atom. The Morgan fingerprint density at radius 3 is 2.74 bits per heavy atom. The number of fused-ring (bicyclic) bond motifs is 1. The van der Waals surface area contributed by atoms with Gasteiger partial charge in [-0.3, -0.25) is 4.79 Å². The van der Waals surface area contributed by atoms with Crippen LogP contribution in [0.4, 0.5) is 21.6 Å². The van der Waals surface area contributed by atoms with Crippen LogP contribution in [0, 0.1) is 12.7 Å². The first-order valence-corrected chi connectivity index (χ1v) is 8.31. The molecule has 7 heteroatoms. The van der Waals surface area contributed by atoms with Crippen LogP contribution in [-0.4, -0.2) is 23.0 Å². The second-order valence-corrected chi connectivity index (χ2v) is 5.87. The Hall–Kier alpha value is -3.48. The van der Waals surface area contributed by atoms with Gasteiger partial charge in [0.15, 0.2) is 0 Å². The van der Waals surface area contributed by atoms with E-state index in [-0.39, 0.29) is 11.7 Å². The maximum absolute atomic E-state index is 13.5. The lowest BCUT2D eigenvalue weighted by Gasteiger charge is -2.13. The molecule has 1 amide bonds. The summed E-state index contributed by atoms with van der Waals surface area (Å²) in [5.74, 6) is 0.486. The topological polar surface area (TPSA) is 76.1 Å². The van der Waals surface area contributed by atoms with E-state index >= 15 is 0 Å². The first kappa shape index (κ1) is 18.3. The first-order chi connectivity index (χ1) is 13.0. The smallest absolute Gasteiger partial charge is 0.248 e. The molecule has 0 bridgehead atoms. The quantitative estimate of drug-likeness (QED) is 0.657. The molecule has 0 saturated heterocycles. The normalized spacial score (nSPS) is 11.0. The van der Waals surface area contributed by atoms with E-state index < -0.39 is 0 Å². The van der Waals surface area contributed by atoms with Gasteiger partial charge < -0.3 is 15.4 Å². The fourth-order valence-electron chi connectivity index (χ4n) is 2.64. The van der Waals surface area contributed by atoms with Crippen molar-refractivity contribution in [2.45, 2.75) is 13.8 Å². The summed E-state index contributed by atoms with van der Waals surface area (Å²) < 4.78 is 18.9. The van der Waals surface area contributed by atoms with E-state index in [0.29, 0.717) is 39.4 Å². The number of allylic oxidation sites excluding steroid dienone is 1. The predicted octanol–water partition coefficient (Wildman–Crippen LogP) is 4.34. The van der Waals surface area contributed by atoms with Gasteiger partial charge in [-0.15, -0.1) is 0 Å². The van der Waals surface area contributed by atoms with Gasteiger partial charge in [-0.2, -0.15) is 0 Å². The number of carbonyl (C=O) groups excluding carboxylic acids is 1. The minimum absolute atomic E-state index is 0.268. The van der Waals surface area contributed by atoms with Crippen molar-refractivity contribution in [2.75, 3.05) is 17.7 Å². The van der Waals surface area contributed by atoms with Gasteiger partial charge in [0, 0.05) is 17.1 Å². The molecule has 1 aromatic heterocycles. The number of methoxy groups -OCH3 is 1. The summed E-state index contributed by atoms with van der Waals surface area (Å²) >= 11 is 0. The maximum atomic E-state index is 13.5. The Bertz CT molecular complexity index is 1030. The molecule has 138 valence electrons. The zero-order chi connectivity index (χ0) is 19.4. The lowest BCUT2D eigenvalue weighted by Crippen LogP contribution is -2.09. The third kappa shape index (κ3) is 4.03. The van der Waals surface area contributed by atoms with Crippen molar-refractivity contribution in [1.29, 1.82) is 0 Å². The number of benzene rings is 2. The molecule has 0 atom stereocenters. The largest absolute Gasteiger partial charge is 0.494 e. The number of nitrogens with one attached hydrogen (secondary N) is 2. The number of nitrogens with zero attached hydrogens (tertiary/aromatic N) is 2. The Kier molecular flexibility index (Phi) is 5.30. The zero-order valence-corrected chi connectivity index (χ0v) is 15.2. The average Bonchev–Trinajstić information content (AvgIpc) is 2.65. The lowest BCUT2D eigenvalue weighted by atomic mass is 10.1. The molecule has 3 aromatic rings. The molecule has 0 fully saturated rings. The second-order valence-electron chi connectivity index (χ2n) is 5.87. The zero-order valence-electron chi connectivity index (χ0n) is 15.2. The first-order valence-electron chi connectivity index (χ1n) is 8.31. The minimum Gasteiger partial charge on any atom is -0.494 e. The fourth-order valence-corrected chi connectivity index (χ4v) is 2.64. The summed E-state index contributed by atoms with van der Waals surface area (Å²) in [6.07, 6.45) is 4.50. The van der Waals surface area contributed by atoms with Crippen molar-refractivity contribution >= 4 is 34.0 Å². The summed E-state index contributed by atoms with van der Waals surface area (Å²) in [7, 11) is 1.52. The molecular weight excluding hydrogens is 347 g/mol. The third-order valence-electron chi connectivity index (χ3n) is 3.95. The molecule has 27 heavy (non-hydrogen) atoms. The number of aromatic nitrogens is 2. The Labute approximate surface area is 156 Å². The highest BCUT2D eigenvalue weighted by molar-refractivity contribution is 6.03. The average molecular weight is 366 g/mol. The maximum Gasteiger partial charge on any atom is 0.248 e. The highest BCUT2D eigenvalue weighted by Crippen LogP contribution is 2.33. The summed E-state index contributed by atoms with van der Waals surface area (Å²) in [5, 5.41) is 6.64. The molecule has 6 nitrogen and oxygen atoms in total. The van der Waals surface area contributed by atoms with Gasteiger partial charge in [0.05, 0.1) is 18.3 Å². The van der Waals surface area contributed by atoms with Crippen LogP contribution in [0.5, 0.6) is 5.75 Å². The van der Waals surface area contributed by atoms with E-state index in [1.165, 1.54) is 25.6 Å². The van der Waals surface area contributed by atoms with Crippen LogP contribution in [0.15, 0.2) is 48.8 Å². The monoisotopic (exact) mass is 366 g/mol. The molecule has 0 saturated carbocycles. The molecule has 0 unspecified atom stereocenters. The van der Waals surface area contributed by atoms with Gasteiger partial charge in [0.1, 0.15) is 23.7 Å². The molecule has 0 spiro atoms. The van der Waals surface area contributed by atoms with Crippen LogP contribution in [-0.2, 0) is 4.79 Å².